The predicted octanol–water partition coefficient (Wildman–Crippen LogP) is 5.68. The second kappa shape index (κ2) is 11.6. The van der Waals surface area contributed by atoms with Crippen molar-refractivity contribution in [3.63, 3.8) is 0 Å². The van der Waals surface area contributed by atoms with E-state index in [1.54, 1.807) is 32.1 Å². The molecule has 0 bridgehead atoms. The number of ether oxygens (including phenoxy) is 2. The van der Waals surface area contributed by atoms with Crippen LogP contribution in [-0.2, 0) is 16.1 Å². The van der Waals surface area contributed by atoms with Gasteiger partial charge in [0.05, 0.1) is 22.4 Å². The maximum atomic E-state index is 13.8. The number of rotatable bonds is 7. The summed E-state index contributed by atoms with van der Waals surface area (Å²) in [5.74, 6) is 0.143. The Morgan fingerprint density at radius 3 is 2.59 bits per heavy atom. The SMILES string of the molecule is CCOC(=O)C1=C(C)N=c2s/c(=C\c3cccc(OCc4ccc(Cl)cc4)c3)c(=O)n2C1c1ccccc1Cl. The van der Waals surface area contributed by atoms with Gasteiger partial charge in [-0.1, -0.05) is 77.0 Å². The molecule has 4 aromatic rings. The summed E-state index contributed by atoms with van der Waals surface area (Å²) in [7, 11) is 0. The Bertz CT molecular complexity index is 1760. The molecule has 9 heteroatoms. The number of allylic oxidation sites excluding steroid dienone is 1. The number of nitrogens with zero attached hydrogens (tertiary/aromatic N) is 2. The van der Waals surface area contributed by atoms with E-state index in [2.05, 4.69) is 4.99 Å². The van der Waals surface area contributed by atoms with Crippen LogP contribution in [0.5, 0.6) is 5.75 Å². The highest BCUT2D eigenvalue weighted by Gasteiger charge is 2.34. The van der Waals surface area contributed by atoms with E-state index >= 15 is 0 Å². The summed E-state index contributed by atoms with van der Waals surface area (Å²) in [6.45, 7) is 4.07. The number of thiazole rings is 1. The molecule has 1 aliphatic rings. The summed E-state index contributed by atoms with van der Waals surface area (Å²) in [6.07, 6.45) is 1.80. The Kier molecular flexibility index (Phi) is 8.02. The Hall–Kier alpha value is -3.65. The summed E-state index contributed by atoms with van der Waals surface area (Å²) in [6, 6.07) is 21.4. The molecular formula is C30H24Cl2N2O4S. The number of aromatic nitrogens is 1. The lowest BCUT2D eigenvalue weighted by Gasteiger charge is -2.25. The zero-order valence-electron chi connectivity index (χ0n) is 21.2. The zero-order valence-corrected chi connectivity index (χ0v) is 23.5. The van der Waals surface area contributed by atoms with Crippen molar-refractivity contribution >= 4 is 46.6 Å². The summed E-state index contributed by atoms with van der Waals surface area (Å²) in [5.41, 5.74) is 2.92. The molecule has 0 N–H and O–H groups in total. The highest BCUT2D eigenvalue weighted by atomic mass is 35.5. The molecule has 5 rings (SSSR count). The van der Waals surface area contributed by atoms with Crippen LogP contribution in [0.25, 0.3) is 6.08 Å². The first-order valence-electron chi connectivity index (χ1n) is 12.3. The van der Waals surface area contributed by atoms with Crippen LogP contribution < -0.4 is 19.6 Å². The van der Waals surface area contributed by atoms with E-state index in [0.29, 0.717) is 48.6 Å². The van der Waals surface area contributed by atoms with Crippen LogP contribution >= 0.6 is 34.5 Å². The smallest absolute Gasteiger partial charge is 0.338 e. The van der Waals surface area contributed by atoms with Gasteiger partial charge in [-0.2, -0.15) is 0 Å². The first kappa shape index (κ1) is 26.9. The summed E-state index contributed by atoms with van der Waals surface area (Å²) in [4.78, 5) is 31.9. The van der Waals surface area contributed by atoms with Crippen LogP contribution in [0.15, 0.2) is 93.9 Å². The molecule has 1 unspecified atom stereocenters. The van der Waals surface area contributed by atoms with Crippen molar-refractivity contribution in [3.05, 3.63) is 130 Å². The molecule has 1 atom stereocenters. The topological polar surface area (TPSA) is 69.9 Å². The number of halogens is 2. The average Bonchev–Trinajstić information content (AvgIpc) is 3.22. The molecule has 1 aliphatic heterocycles. The van der Waals surface area contributed by atoms with Gasteiger partial charge in [0.15, 0.2) is 4.80 Å². The fourth-order valence-electron chi connectivity index (χ4n) is 4.38. The van der Waals surface area contributed by atoms with Crippen molar-refractivity contribution in [2.75, 3.05) is 6.61 Å². The minimum atomic E-state index is -0.759. The van der Waals surface area contributed by atoms with E-state index in [1.165, 1.54) is 15.9 Å². The van der Waals surface area contributed by atoms with Crippen molar-refractivity contribution in [1.82, 2.24) is 4.57 Å². The summed E-state index contributed by atoms with van der Waals surface area (Å²) in [5, 5.41) is 1.11. The van der Waals surface area contributed by atoms with E-state index in [1.807, 2.05) is 60.7 Å². The Labute approximate surface area is 239 Å². The van der Waals surface area contributed by atoms with Gasteiger partial charge in [-0.05, 0) is 66.9 Å². The van der Waals surface area contributed by atoms with E-state index in [0.717, 1.165) is 11.1 Å². The molecular weight excluding hydrogens is 555 g/mol. The quantitative estimate of drug-likeness (QED) is 0.264. The molecule has 6 nitrogen and oxygen atoms in total. The summed E-state index contributed by atoms with van der Waals surface area (Å²) < 4.78 is 13.3. The fraction of sp³-hybridized carbons (Fsp3) is 0.167. The molecule has 2 heterocycles. The number of hydrogen-bond donors (Lipinski definition) is 0. The second-order valence-electron chi connectivity index (χ2n) is 8.81. The lowest BCUT2D eigenvalue weighted by atomic mass is 9.96. The Morgan fingerprint density at radius 1 is 1.08 bits per heavy atom. The molecule has 0 radical (unpaired) electrons. The number of hydrogen-bond acceptors (Lipinski definition) is 6. The third-order valence-corrected chi connectivity index (χ3v) is 7.77. The third kappa shape index (κ3) is 5.71. The normalized spacial score (nSPS) is 15.1. The predicted molar refractivity (Wildman–Crippen MR) is 154 cm³/mol. The zero-order chi connectivity index (χ0) is 27.5. The van der Waals surface area contributed by atoms with Gasteiger partial charge < -0.3 is 9.47 Å². The number of esters is 1. The van der Waals surface area contributed by atoms with Crippen LogP contribution in [0.3, 0.4) is 0 Å². The molecule has 1 aromatic heterocycles. The molecule has 0 aliphatic carbocycles. The van der Waals surface area contributed by atoms with Gasteiger partial charge in [-0.3, -0.25) is 9.36 Å². The highest BCUT2D eigenvalue weighted by Crippen LogP contribution is 2.34. The number of benzene rings is 3. The van der Waals surface area contributed by atoms with Crippen LogP contribution in [0.1, 0.15) is 36.6 Å². The van der Waals surface area contributed by atoms with Gasteiger partial charge in [0.1, 0.15) is 18.4 Å². The van der Waals surface area contributed by atoms with E-state index in [4.69, 9.17) is 32.7 Å². The van der Waals surface area contributed by atoms with E-state index < -0.39 is 12.0 Å². The largest absolute Gasteiger partial charge is 0.489 e. The number of carbonyl (C=O) groups is 1. The molecule has 198 valence electrons. The van der Waals surface area contributed by atoms with Gasteiger partial charge in [-0.15, -0.1) is 0 Å². The van der Waals surface area contributed by atoms with Crippen LogP contribution in [0, 0.1) is 0 Å². The standard InChI is InChI=1S/C30H24Cl2N2O4S/c1-3-37-29(36)26-18(2)33-30-34(27(26)23-9-4-5-10-24(23)32)28(35)25(39-30)16-20-7-6-8-22(15-20)38-17-19-11-13-21(31)14-12-19/h4-16,27H,3,17H2,1-2H3/b25-16-. The second-order valence-corrected chi connectivity index (χ2v) is 10.7. The molecule has 3 aromatic carbocycles. The lowest BCUT2D eigenvalue weighted by molar-refractivity contribution is -0.139. The first-order chi connectivity index (χ1) is 18.9. The Balaban J connectivity index is 1.55. The highest BCUT2D eigenvalue weighted by molar-refractivity contribution is 7.07. The van der Waals surface area contributed by atoms with Gasteiger partial charge >= 0.3 is 5.97 Å². The lowest BCUT2D eigenvalue weighted by Crippen LogP contribution is -2.40. The Morgan fingerprint density at radius 2 is 1.85 bits per heavy atom. The number of carbonyl (C=O) groups excluding carboxylic acids is 1. The average molecular weight is 580 g/mol. The molecule has 0 fully saturated rings. The summed E-state index contributed by atoms with van der Waals surface area (Å²) >= 11 is 13.8. The maximum absolute atomic E-state index is 13.8. The van der Waals surface area contributed by atoms with Crippen molar-refractivity contribution in [3.8, 4) is 5.75 Å². The molecule has 0 saturated heterocycles. The van der Waals surface area contributed by atoms with Crippen molar-refractivity contribution in [1.29, 1.82) is 0 Å². The molecule has 39 heavy (non-hydrogen) atoms. The van der Waals surface area contributed by atoms with Crippen LogP contribution in [-0.4, -0.2) is 17.1 Å². The third-order valence-electron chi connectivity index (χ3n) is 6.19. The van der Waals surface area contributed by atoms with Crippen molar-refractivity contribution in [2.45, 2.75) is 26.5 Å². The maximum Gasteiger partial charge on any atom is 0.338 e. The monoisotopic (exact) mass is 578 g/mol. The van der Waals surface area contributed by atoms with Crippen LogP contribution in [0.4, 0.5) is 0 Å². The number of fused-ring (bicyclic) bond motifs is 1. The molecule has 0 saturated carbocycles. The van der Waals surface area contributed by atoms with Gasteiger partial charge in [0.2, 0.25) is 0 Å². The van der Waals surface area contributed by atoms with Gasteiger partial charge in [-0.25, -0.2) is 9.79 Å². The van der Waals surface area contributed by atoms with Crippen molar-refractivity contribution in [2.24, 2.45) is 4.99 Å². The van der Waals surface area contributed by atoms with Gasteiger partial charge in [0.25, 0.3) is 5.56 Å². The fourth-order valence-corrected chi connectivity index (χ4v) is 5.79. The van der Waals surface area contributed by atoms with E-state index in [-0.39, 0.29) is 12.2 Å². The minimum Gasteiger partial charge on any atom is -0.489 e. The van der Waals surface area contributed by atoms with E-state index in [9.17, 15) is 9.59 Å². The molecule has 0 spiro atoms. The van der Waals surface area contributed by atoms with Crippen molar-refractivity contribution < 1.29 is 14.3 Å². The van der Waals surface area contributed by atoms with Crippen LogP contribution in [0.2, 0.25) is 10.0 Å². The molecule has 0 amide bonds. The van der Waals surface area contributed by atoms with Gasteiger partial charge in [0, 0.05) is 10.0 Å². The first-order valence-corrected chi connectivity index (χ1v) is 13.8. The minimum absolute atomic E-state index is 0.200.